The first kappa shape index (κ1) is 19.5. The fraction of sp³-hybridized carbons (Fsp3) is 0.353. The third-order valence-corrected chi connectivity index (χ3v) is 3.69. The second kappa shape index (κ2) is 8.03. The molecule has 1 N–H and O–H groups in total. The van der Waals surface area contributed by atoms with Gasteiger partial charge in [-0.05, 0) is 30.7 Å². The van der Waals surface area contributed by atoms with E-state index in [4.69, 9.17) is 0 Å². The van der Waals surface area contributed by atoms with Crippen LogP contribution in [0.1, 0.15) is 25.3 Å². The molecule has 0 bridgehead atoms. The Morgan fingerprint density at radius 1 is 1.23 bits per heavy atom. The number of nitrogens with one attached hydrogen (secondary N) is 1. The molecule has 2 aromatic rings. The first-order valence-corrected chi connectivity index (χ1v) is 8.01. The molecule has 140 valence electrons. The SMILES string of the molecule is CCCCN(C)C(=O)C(=O)Nc1cnn(-c2ccc(C(F)(F)F)cc2)c1. The number of halogens is 3. The normalized spacial score (nSPS) is 11.3. The molecule has 1 aromatic heterocycles. The first-order chi connectivity index (χ1) is 12.2. The molecule has 0 saturated carbocycles. The van der Waals surface area contributed by atoms with E-state index in [2.05, 4.69) is 10.4 Å². The van der Waals surface area contributed by atoms with Crippen LogP contribution in [0.2, 0.25) is 0 Å². The Hall–Kier alpha value is -2.84. The molecule has 0 atom stereocenters. The van der Waals surface area contributed by atoms with Crippen molar-refractivity contribution in [2.24, 2.45) is 0 Å². The molecular weight excluding hydrogens is 349 g/mol. The second-order valence-electron chi connectivity index (χ2n) is 5.75. The Balaban J connectivity index is 2.03. The highest BCUT2D eigenvalue weighted by atomic mass is 19.4. The number of carbonyl (C=O) groups excluding carboxylic acids is 2. The van der Waals surface area contributed by atoms with Gasteiger partial charge in [0.1, 0.15) is 0 Å². The minimum absolute atomic E-state index is 0.270. The Morgan fingerprint density at radius 2 is 1.88 bits per heavy atom. The van der Waals surface area contributed by atoms with Crippen LogP contribution in [-0.2, 0) is 15.8 Å². The van der Waals surface area contributed by atoms with Crippen molar-refractivity contribution in [1.29, 1.82) is 0 Å². The number of benzene rings is 1. The third-order valence-electron chi connectivity index (χ3n) is 3.69. The van der Waals surface area contributed by atoms with Gasteiger partial charge >= 0.3 is 18.0 Å². The van der Waals surface area contributed by atoms with Crippen LogP contribution in [0.3, 0.4) is 0 Å². The van der Waals surface area contributed by atoms with Crippen LogP contribution in [0.4, 0.5) is 18.9 Å². The van der Waals surface area contributed by atoms with E-state index in [0.717, 1.165) is 25.0 Å². The Labute approximate surface area is 148 Å². The molecule has 1 aromatic carbocycles. The second-order valence-corrected chi connectivity index (χ2v) is 5.75. The van der Waals surface area contributed by atoms with Crippen LogP contribution in [0.5, 0.6) is 0 Å². The van der Waals surface area contributed by atoms with E-state index >= 15 is 0 Å². The largest absolute Gasteiger partial charge is 0.416 e. The highest BCUT2D eigenvalue weighted by molar-refractivity contribution is 6.39. The van der Waals surface area contributed by atoms with Gasteiger partial charge in [-0.25, -0.2) is 4.68 Å². The molecule has 6 nitrogen and oxygen atoms in total. The van der Waals surface area contributed by atoms with Crippen LogP contribution >= 0.6 is 0 Å². The van der Waals surface area contributed by atoms with Gasteiger partial charge in [-0.15, -0.1) is 0 Å². The predicted octanol–water partition coefficient (Wildman–Crippen LogP) is 3.09. The highest BCUT2D eigenvalue weighted by Gasteiger charge is 2.30. The van der Waals surface area contributed by atoms with Crippen molar-refractivity contribution in [1.82, 2.24) is 14.7 Å². The van der Waals surface area contributed by atoms with Crippen molar-refractivity contribution >= 4 is 17.5 Å². The zero-order valence-corrected chi connectivity index (χ0v) is 14.4. The number of likely N-dealkylation sites (N-methyl/N-ethyl adjacent to an activating group) is 1. The van der Waals surface area contributed by atoms with Crippen LogP contribution in [0.25, 0.3) is 5.69 Å². The van der Waals surface area contributed by atoms with Gasteiger partial charge in [0, 0.05) is 13.6 Å². The fourth-order valence-corrected chi connectivity index (χ4v) is 2.19. The van der Waals surface area contributed by atoms with E-state index < -0.39 is 23.6 Å². The zero-order chi connectivity index (χ0) is 19.3. The number of nitrogens with zero attached hydrogens (tertiary/aromatic N) is 3. The summed E-state index contributed by atoms with van der Waals surface area (Å²) in [6.07, 6.45) is 0.0150. The number of anilines is 1. The van der Waals surface area contributed by atoms with Crippen molar-refractivity contribution in [3.05, 3.63) is 42.2 Å². The number of aromatic nitrogens is 2. The quantitative estimate of drug-likeness (QED) is 0.825. The summed E-state index contributed by atoms with van der Waals surface area (Å²) in [5, 5.41) is 6.41. The van der Waals surface area contributed by atoms with Crippen molar-refractivity contribution in [3.8, 4) is 5.69 Å². The van der Waals surface area contributed by atoms with Gasteiger partial charge in [0.05, 0.1) is 29.3 Å². The summed E-state index contributed by atoms with van der Waals surface area (Å²) in [7, 11) is 1.54. The molecule has 2 rings (SSSR count). The summed E-state index contributed by atoms with van der Waals surface area (Å²) in [5.74, 6) is -1.46. The molecule has 9 heteroatoms. The molecule has 2 amide bonds. The lowest BCUT2D eigenvalue weighted by atomic mass is 10.2. The maximum Gasteiger partial charge on any atom is 0.416 e. The lowest BCUT2D eigenvalue weighted by Crippen LogP contribution is -2.37. The molecule has 1 heterocycles. The van der Waals surface area contributed by atoms with E-state index in [1.54, 1.807) is 7.05 Å². The summed E-state index contributed by atoms with van der Waals surface area (Å²) in [6.45, 7) is 2.46. The van der Waals surface area contributed by atoms with Gasteiger partial charge in [-0.2, -0.15) is 18.3 Å². The molecule has 0 unspecified atom stereocenters. The molecule has 0 fully saturated rings. The highest BCUT2D eigenvalue weighted by Crippen LogP contribution is 2.29. The lowest BCUT2D eigenvalue weighted by molar-refractivity contribution is -0.142. The summed E-state index contributed by atoms with van der Waals surface area (Å²) < 4.78 is 39.1. The first-order valence-electron chi connectivity index (χ1n) is 8.01. The number of hydrogen-bond donors (Lipinski definition) is 1. The summed E-state index contributed by atoms with van der Waals surface area (Å²) >= 11 is 0. The van der Waals surface area contributed by atoms with Crippen LogP contribution in [0.15, 0.2) is 36.7 Å². The molecule has 0 saturated heterocycles. The average Bonchev–Trinajstić information content (AvgIpc) is 3.06. The monoisotopic (exact) mass is 368 g/mol. The molecule has 0 spiro atoms. The number of alkyl halides is 3. The number of amides is 2. The lowest BCUT2D eigenvalue weighted by Gasteiger charge is -2.15. The summed E-state index contributed by atoms with van der Waals surface area (Å²) in [4.78, 5) is 25.2. The maximum atomic E-state index is 12.6. The van der Waals surface area contributed by atoms with Crippen molar-refractivity contribution in [3.63, 3.8) is 0 Å². The summed E-state index contributed by atoms with van der Waals surface area (Å²) in [6, 6.07) is 4.43. The van der Waals surface area contributed by atoms with Crippen molar-refractivity contribution in [2.45, 2.75) is 25.9 Å². The third kappa shape index (κ3) is 4.84. The van der Waals surface area contributed by atoms with E-state index in [1.165, 1.54) is 34.1 Å². The Kier molecular flexibility index (Phi) is 6.01. The molecule has 26 heavy (non-hydrogen) atoms. The average molecular weight is 368 g/mol. The minimum atomic E-state index is -4.41. The van der Waals surface area contributed by atoms with Gasteiger partial charge < -0.3 is 10.2 Å². The molecule has 0 aliphatic rings. The van der Waals surface area contributed by atoms with Crippen LogP contribution < -0.4 is 5.32 Å². The van der Waals surface area contributed by atoms with Crippen molar-refractivity contribution in [2.75, 3.05) is 18.9 Å². The topological polar surface area (TPSA) is 67.2 Å². The minimum Gasteiger partial charge on any atom is -0.338 e. The molecule has 0 aliphatic heterocycles. The van der Waals surface area contributed by atoms with E-state index in [1.807, 2.05) is 6.92 Å². The standard InChI is InChI=1S/C17H19F3N4O2/c1-3-4-9-23(2)16(26)15(25)22-13-10-21-24(11-13)14-7-5-12(6-8-14)17(18,19)20/h5-8,10-11H,3-4,9H2,1-2H3,(H,22,25). The Morgan fingerprint density at radius 3 is 2.46 bits per heavy atom. The zero-order valence-electron chi connectivity index (χ0n) is 14.4. The van der Waals surface area contributed by atoms with Crippen LogP contribution in [0, 0.1) is 0 Å². The van der Waals surface area contributed by atoms with Crippen LogP contribution in [-0.4, -0.2) is 40.1 Å². The maximum absolute atomic E-state index is 12.6. The van der Waals surface area contributed by atoms with E-state index in [9.17, 15) is 22.8 Å². The number of rotatable bonds is 5. The number of carbonyl (C=O) groups is 2. The van der Waals surface area contributed by atoms with E-state index in [-0.39, 0.29) is 5.69 Å². The smallest absolute Gasteiger partial charge is 0.338 e. The van der Waals surface area contributed by atoms with Gasteiger partial charge in [0.25, 0.3) is 0 Å². The molecule has 0 aliphatic carbocycles. The predicted molar refractivity (Wildman–Crippen MR) is 89.7 cm³/mol. The van der Waals surface area contributed by atoms with Gasteiger partial charge in [0.15, 0.2) is 0 Å². The number of hydrogen-bond acceptors (Lipinski definition) is 3. The Bertz CT molecular complexity index is 769. The summed E-state index contributed by atoms with van der Waals surface area (Å²) in [5.41, 5.74) is -0.0975. The fourth-order valence-electron chi connectivity index (χ4n) is 2.19. The molecular formula is C17H19F3N4O2. The van der Waals surface area contributed by atoms with Gasteiger partial charge in [-0.3, -0.25) is 9.59 Å². The van der Waals surface area contributed by atoms with Gasteiger partial charge in [0.2, 0.25) is 0 Å². The van der Waals surface area contributed by atoms with E-state index in [0.29, 0.717) is 12.2 Å². The number of unbranched alkanes of at least 4 members (excludes halogenated alkanes) is 1. The molecule has 0 radical (unpaired) electrons. The van der Waals surface area contributed by atoms with Crippen molar-refractivity contribution < 1.29 is 22.8 Å². The van der Waals surface area contributed by atoms with Gasteiger partial charge in [-0.1, -0.05) is 13.3 Å².